The standard InChI is InChI=1S/C15H18ClNO4/c1-9-3-4-11(15(19)20)8-17(9)14(18)10-5-6-12(16)13(7-10)21-2/h5-7,9,11H,3-4,8H2,1-2H3,(H,19,20). The van der Waals surface area contributed by atoms with Crippen molar-refractivity contribution in [2.45, 2.75) is 25.8 Å². The van der Waals surface area contributed by atoms with Crippen molar-refractivity contribution in [2.75, 3.05) is 13.7 Å². The van der Waals surface area contributed by atoms with E-state index < -0.39 is 11.9 Å². The van der Waals surface area contributed by atoms with E-state index in [9.17, 15) is 9.59 Å². The van der Waals surface area contributed by atoms with Crippen LogP contribution in [0.1, 0.15) is 30.1 Å². The van der Waals surface area contributed by atoms with Gasteiger partial charge in [-0.1, -0.05) is 11.6 Å². The molecule has 1 aliphatic heterocycles. The van der Waals surface area contributed by atoms with Gasteiger partial charge in [-0.25, -0.2) is 0 Å². The fourth-order valence-electron chi connectivity index (χ4n) is 2.55. The molecule has 1 saturated heterocycles. The number of amides is 1. The number of carboxylic acids is 1. The van der Waals surface area contributed by atoms with Crippen LogP contribution in [0.2, 0.25) is 5.02 Å². The molecule has 1 N–H and O–H groups in total. The molecule has 0 bridgehead atoms. The molecular weight excluding hydrogens is 294 g/mol. The van der Waals surface area contributed by atoms with Crippen molar-refractivity contribution in [3.63, 3.8) is 0 Å². The maximum absolute atomic E-state index is 12.6. The molecule has 1 amide bonds. The van der Waals surface area contributed by atoms with Crippen LogP contribution in [-0.4, -0.2) is 41.6 Å². The number of carbonyl (C=O) groups excluding carboxylic acids is 1. The molecule has 0 aromatic heterocycles. The smallest absolute Gasteiger partial charge is 0.308 e. The van der Waals surface area contributed by atoms with Gasteiger partial charge in [0.05, 0.1) is 18.1 Å². The van der Waals surface area contributed by atoms with Gasteiger partial charge in [0.1, 0.15) is 5.75 Å². The van der Waals surface area contributed by atoms with Gasteiger partial charge in [-0.05, 0) is 38.0 Å². The third-order valence-corrected chi connectivity index (χ3v) is 4.20. The van der Waals surface area contributed by atoms with Crippen LogP contribution in [-0.2, 0) is 4.79 Å². The number of benzene rings is 1. The van der Waals surface area contributed by atoms with Gasteiger partial charge in [-0.3, -0.25) is 9.59 Å². The number of rotatable bonds is 3. The lowest BCUT2D eigenvalue weighted by atomic mass is 9.93. The van der Waals surface area contributed by atoms with E-state index >= 15 is 0 Å². The van der Waals surface area contributed by atoms with E-state index in [-0.39, 0.29) is 18.5 Å². The van der Waals surface area contributed by atoms with Gasteiger partial charge >= 0.3 is 5.97 Å². The van der Waals surface area contributed by atoms with Crippen molar-refractivity contribution in [3.05, 3.63) is 28.8 Å². The minimum atomic E-state index is -0.853. The lowest BCUT2D eigenvalue weighted by Crippen LogP contribution is -2.47. The molecule has 21 heavy (non-hydrogen) atoms. The van der Waals surface area contributed by atoms with E-state index in [1.54, 1.807) is 23.1 Å². The summed E-state index contributed by atoms with van der Waals surface area (Å²) >= 11 is 5.95. The van der Waals surface area contributed by atoms with Gasteiger partial charge in [0.25, 0.3) is 5.91 Å². The summed E-state index contributed by atoms with van der Waals surface area (Å²) in [6.07, 6.45) is 1.29. The Hall–Kier alpha value is -1.75. The average molecular weight is 312 g/mol. The predicted octanol–water partition coefficient (Wildman–Crippen LogP) is 2.67. The molecule has 2 rings (SSSR count). The highest BCUT2D eigenvalue weighted by Crippen LogP contribution is 2.28. The van der Waals surface area contributed by atoms with E-state index in [0.717, 1.165) is 0 Å². The Balaban J connectivity index is 2.23. The number of likely N-dealkylation sites (tertiary alicyclic amines) is 1. The quantitative estimate of drug-likeness (QED) is 0.932. The summed E-state index contributed by atoms with van der Waals surface area (Å²) in [5.41, 5.74) is 0.453. The van der Waals surface area contributed by atoms with Crippen molar-refractivity contribution in [1.29, 1.82) is 0 Å². The molecule has 1 heterocycles. The van der Waals surface area contributed by atoms with Crippen molar-refractivity contribution in [1.82, 2.24) is 4.90 Å². The van der Waals surface area contributed by atoms with Crippen LogP contribution in [0.3, 0.4) is 0 Å². The van der Waals surface area contributed by atoms with E-state index in [2.05, 4.69) is 0 Å². The summed E-state index contributed by atoms with van der Waals surface area (Å²) in [6.45, 7) is 2.17. The van der Waals surface area contributed by atoms with Gasteiger partial charge < -0.3 is 14.7 Å². The molecule has 0 radical (unpaired) electrons. The number of carbonyl (C=O) groups is 2. The Morgan fingerprint density at radius 2 is 2.10 bits per heavy atom. The molecule has 1 fully saturated rings. The van der Waals surface area contributed by atoms with Crippen LogP contribution in [0.4, 0.5) is 0 Å². The number of piperidine rings is 1. The minimum Gasteiger partial charge on any atom is -0.495 e. The number of ether oxygens (including phenoxy) is 1. The summed E-state index contributed by atoms with van der Waals surface area (Å²) in [4.78, 5) is 25.3. The first kappa shape index (κ1) is 15.6. The third-order valence-electron chi connectivity index (χ3n) is 3.89. The molecule has 1 aromatic carbocycles. The Labute approximate surface area is 128 Å². The Morgan fingerprint density at radius 1 is 1.38 bits per heavy atom. The topological polar surface area (TPSA) is 66.8 Å². The van der Waals surface area contributed by atoms with Crippen LogP contribution in [0.5, 0.6) is 5.75 Å². The van der Waals surface area contributed by atoms with Crippen LogP contribution >= 0.6 is 11.6 Å². The highest BCUT2D eigenvalue weighted by molar-refractivity contribution is 6.32. The zero-order chi connectivity index (χ0) is 15.6. The van der Waals surface area contributed by atoms with Gasteiger partial charge in [-0.15, -0.1) is 0 Å². The normalized spacial score (nSPS) is 22.0. The largest absolute Gasteiger partial charge is 0.495 e. The minimum absolute atomic E-state index is 0.0229. The number of hydrogen-bond acceptors (Lipinski definition) is 3. The first-order chi connectivity index (χ1) is 9.93. The van der Waals surface area contributed by atoms with Gasteiger partial charge in [0.15, 0.2) is 0 Å². The second-order valence-electron chi connectivity index (χ2n) is 5.27. The van der Waals surface area contributed by atoms with Crippen LogP contribution in [0.25, 0.3) is 0 Å². The predicted molar refractivity (Wildman–Crippen MR) is 78.9 cm³/mol. The van der Waals surface area contributed by atoms with Crippen molar-refractivity contribution < 1.29 is 19.4 Å². The molecule has 1 aromatic rings. The second kappa shape index (κ2) is 6.35. The first-order valence-corrected chi connectivity index (χ1v) is 7.19. The molecule has 0 spiro atoms. The molecule has 114 valence electrons. The molecule has 5 nitrogen and oxygen atoms in total. The zero-order valence-corrected chi connectivity index (χ0v) is 12.8. The maximum atomic E-state index is 12.6. The fraction of sp³-hybridized carbons (Fsp3) is 0.467. The number of nitrogens with zero attached hydrogens (tertiary/aromatic N) is 1. The average Bonchev–Trinajstić information content (AvgIpc) is 2.47. The molecular formula is C15H18ClNO4. The van der Waals surface area contributed by atoms with Crippen molar-refractivity contribution in [3.8, 4) is 5.75 Å². The van der Waals surface area contributed by atoms with Crippen molar-refractivity contribution in [2.24, 2.45) is 5.92 Å². The van der Waals surface area contributed by atoms with Crippen LogP contribution < -0.4 is 4.74 Å². The highest BCUT2D eigenvalue weighted by Gasteiger charge is 2.33. The maximum Gasteiger partial charge on any atom is 0.308 e. The summed E-state index contributed by atoms with van der Waals surface area (Å²) in [5, 5.41) is 9.57. The molecule has 6 heteroatoms. The second-order valence-corrected chi connectivity index (χ2v) is 5.68. The van der Waals surface area contributed by atoms with Gasteiger partial charge in [-0.2, -0.15) is 0 Å². The molecule has 2 atom stereocenters. The lowest BCUT2D eigenvalue weighted by molar-refractivity contribution is -0.143. The number of carboxylic acid groups (broad SMARTS) is 1. The van der Waals surface area contributed by atoms with Crippen LogP contribution in [0.15, 0.2) is 18.2 Å². The number of hydrogen-bond donors (Lipinski definition) is 1. The van der Waals surface area contributed by atoms with E-state index in [0.29, 0.717) is 29.2 Å². The number of methoxy groups -OCH3 is 1. The van der Waals surface area contributed by atoms with E-state index in [1.165, 1.54) is 7.11 Å². The van der Waals surface area contributed by atoms with E-state index in [4.69, 9.17) is 21.4 Å². The Kier molecular flexibility index (Phi) is 4.73. The van der Waals surface area contributed by atoms with Crippen LogP contribution in [0, 0.1) is 5.92 Å². The van der Waals surface area contributed by atoms with Gasteiger partial charge in [0, 0.05) is 18.2 Å². The molecule has 1 aliphatic rings. The number of aliphatic carboxylic acids is 1. The van der Waals surface area contributed by atoms with Crippen molar-refractivity contribution >= 4 is 23.5 Å². The molecule has 0 aliphatic carbocycles. The monoisotopic (exact) mass is 311 g/mol. The molecule has 2 unspecified atom stereocenters. The zero-order valence-electron chi connectivity index (χ0n) is 12.0. The Bertz CT molecular complexity index is 561. The first-order valence-electron chi connectivity index (χ1n) is 6.81. The summed E-state index contributed by atoms with van der Waals surface area (Å²) < 4.78 is 5.11. The highest BCUT2D eigenvalue weighted by atomic mass is 35.5. The summed E-state index contributed by atoms with van der Waals surface area (Å²) in [7, 11) is 1.49. The lowest BCUT2D eigenvalue weighted by Gasteiger charge is -2.36. The van der Waals surface area contributed by atoms with Gasteiger partial charge in [0.2, 0.25) is 0 Å². The number of halogens is 1. The molecule has 0 saturated carbocycles. The SMILES string of the molecule is COc1cc(C(=O)N2CC(C(=O)O)CCC2C)ccc1Cl. The summed E-state index contributed by atoms with van der Waals surface area (Å²) in [5.74, 6) is -1.11. The summed E-state index contributed by atoms with van der Waals surface area (Å²) in [6, 6.07) is 4.85. The third kappa shape index (κ3) is 3.29. The fourth-order valence-corrected chi connectivity index (χ4v) is 2.74. The van der Waals surface area contributed by atoms with E-state index in [1.807, 2.05) is 6.92 Å². The Morgan fingerprint density at radius 3 is 2.71 bits per heavy atom.